The van der Waals surface area contributed by atoms with Crippen molar-refractivity contribution in [3.05, 3.63) is 78.0 Å². The maximum atomic E-state index is 12.4. The number of H-pyrrole nitrogens is 1. The molecule has 2 aromatic carbocycles. The van der Waals surface area contributed by atoms with Crippen LogP contribution in [0.15, 0.2) is 66.7 Å². The Kier molecular flexibility index (Phi) is 4.38. The number of amides is 2. The number of nitrogens with zero attached hydrogens (tertiary/aromatic N) is 1. The number of primary amides is 1. The summed E-state index contributed by atoms with van der Waals surface area (Å²) in [4.78, 5) is 24.1. The van der Waals surface area contributed by atoms with Crippen LogP contribution in [-0.2, 0) is 4.79 Å². The largest absolute Gasteiger partial charge is 0.368 e. The molecule has 6 nitrogen and oxygen atoms in total. The molecule has 0 aliphatic carbocycles. The number of carbonyl (C=O) groups is 2. The SMILES string of the molecule is NC(=O)[C@@H](NC(=O)c1cc(-c2ccccc2)n[nH]1)c1ccccc1. The van der Waals surface area contributed by atoms with Gasteiger partial charge in [0.05, 0.1) is 5.69 Å². The maximum Gasteiger partial charge on any atom is 0.270 e. The number of carbonyl (C=O) groups excluding carboxylic acids is 2. The molecular weight excluding hydrogens is 304 g/mol. The van der Waals surface area contributed by atoms with Gasteiger partial charge in [-0.15, -0.1) is 0 Å². The van der Waals surface area contributed by atoms with Crippen molar-refractivity contribution in [1.82, 2.24) is 15.5 Å². The Morgan fingerprint density at radius 3 is 2.25 bits per heavy atom. The van der Waals surface area contributed by atoms with Crippen LogP contribution < -0.4 is 11.1 Å². The topological polar surface area (TPSA) is 101 Å². The highest BCUT2D eigenvalue weighted by atomic mass is 16.2. The lowest BCUT2D eigenvalue weighted by atomic mass is 10.1. The van der Waals surface area contributed by atoms with E-state index in [1.54, 1.807) is 30.3 Å². The number of aromatic nitrogens is 2. The van der Waals surface area contributed by atoms with Crippen LogP contribution in [0.5, 0.6) is 0 Å². The van der Waals surface area contributed by atoms with Crippen molar-refractivity contribution < 1.29 is 9.59 Å². The molecule has 0 aliphatic heterocycles. The van der Waals surface area contributed by atoms with E-state index >= 15 is 0 Å². The van der Waals surface area contributed by atoms with Gasteiger partial charge < -0.3 is 11.1 Å². The fourth-order valence-corrected chi connectivity index (χ4v) is 2.37. The van der Waals surface area contributed by atoms with Gasteiger partial charge in [-0.25, -0.2) is 0 Å². The normalized spacial score (nSPS) is 11.7. The molecule has 3 aromatic rings. The van der Waals surface area contributed by atoms with E-state index in [1.165, 1.54) is 0 Å². The molecule has 24 heavy (non-hydrogen) atoms. The number of nitrogens with two attached hydrogens (primary N) is 1. The molecule has 4 N–H and O–H groups in total. The molecule has 2 amide bonds. The van der Waals surface area contributed by atoms with Crippen molar-refractivity contribution in [1.29, 1.82) is 0 Å². The van der Waals surface area contributed by atoms with Gasteiger partial charge in [0.25, 0.3) is 5.91 Å². The van der Waals surface area contributed by atoms with Gasteiger partial charge in [0.15, 0.2) is 0 Å². The van der Waals surface area contributed by atoms with Crippen LogP contribution in [0.3, 0.4) is 0 Å². The molecule has 0 saturated carbocycles. The lowest BCUT2D eigenvalue weighted by Crippen LogP contribution is -2.37. The zero-order chi connectivity index (χ0) is 16.9. The van der Waals surface area contributed by atoms with E-state index in [9.17, 15) is 9.59 Å². The standard InChI is InChI=1S/C18H16N4O2/c19-17(23)16(13-9-5-2-6-10-13)20-18(24)15-11-14(21-22-15)12-7-3-1-4-8-12/h1-11,16H,(H2,19,23)(H,20,24)(H,21,22)/t16-/m0/s1. The summed E-state index contributed by atoms with van der Waals surface area (Å²) in [6.45, 7) is 0. The molecule has 6 heteroatoms. The Labute approximate surface area is 138 Å². The summed E-state index contributed by atoms with van der Waals surface area (Å²) in [6, 6.07) is 19.1. The maximum absolute atomic E-state index is 12.4. The molecule has 0 saturated heterocycles. The molecule has 0 radical (unpaired) electrons. The molecule has 1 heterocycles. The van der Waals surface area contributed by atoms with Crippen LogP contribution in [0.25, 0.3) is 11.3 Å². The predicted octanol–water partition coefficient (Wildman–Crippen LogP) is 2.03. The number of aromatic amines is 1. The first kappa shape index (κ1) is 15.5. The van der Waals surface area contributed by atoms with E-state index in [1.807, 2.05) is 36.4 Å². The first-order chi connectivity index (χ1) is 11.6. The van der Waals surface area contributed by atoms with Gasteiger partial charge in [-0.05, 0) is 11.6 Å². The minimum atomic E-state index is -0.901. The highest BCUT2D eigenvalue weighted by Crippen LogP contribution is 2.18. The quantitative estimate of drug-likeness (QED) is 0.670. The third-order valence-electron chi connectivity index (χ3n) is 3.58. The summed E-state index contributed by atoms with van der Waals surface area (Å²) in [5, 5.41) is 9.45. The van der Waals surface area contributed by atoms with Crippen molar-refractivity contribution >= 4 is 11.8 Å². The Morgan fingerprint density at radius 1 is 1.00 bits per heavy atom. The third-order valence-corrected chi connectivity index (χ3v) is 3.58. The van der Waals surface area contributed by atoms with Crippen LogP contribution in [0.2, 0.25) is 0 Å². The van der Waals surface area contributed by atoms with Gasteiger partial charge in [-0.3, -0.25) is 14.7 Å². The van der Waals surface area contributed by atoms with Gasteiger partial charge in [0.2, 0.25) is 5.91 Å². The minimum Gasteiger partial charge on any atom is -0.368 e. The molecule has 3 rings (SSSR count). The zero-order valence-corrected chi connectivity index (χ0v) is 12.8. The molecule has 0 aliphatic rings. The van der Waals surface area contributed by atoms with Crippen LogP contribution >= 0.6 is 0 Å². The monoisotopic (exact) mass is 320 g/mol. The Balaban J connectivity index is 1.79. The Bertz CT molecular complexity index is 844. The van der Waals surface area contributed by atoms with Crippen LogP contribution in [0, 0.1) is 0 Å². The Hall–Kier alpha value is -3.41. The number of hydrogen-bond donors (Lipinski definition) is 3. The molecular formula is C18H16N4O2. The summed E-state index contributed by atoms with van der Waals surface area (Å²) in [7, 11) is 0. The number of hydrogen-bond acceptors (Lipinski definition) is 3. The summed E-state index contributed by atoms with van der Waals surface area (Å²) in [6.07, 6.45) is 0. The summed E-state index contributed by atoms with van der Waals surface area (Å²) < 4.78 is 0. The van der Waals surface area contributed by atoms with E-state index in [-0.39, 0.29) is 5.69 Å². The van der Waals surface area contributed by atoms with Crippen LogP contribution in [0.1, 0.15) is 22.1 Å². The molecule has 0 fully saturated rings. The zero-order valence-electron chi connectivity index (χ0n) is 12.8. The van der Waals surface area contributed by atoms with E-state index < -0.39 is 17.9 Å². The third kappa shape index (κ3) is 3.33. The first-order valence-electron chi connectivity index (χ1n) is 7.41. The molecule has 120 valence electrons. The van der Waals surface area contributed by atoms with Crippen molar-refractivity contribution in [3.8, 4) is 11.3 Å². The van der Waals surface area contributed by atoms with Crippen molar-refractivity contribution in [2.24, 2.45) is 5.73 Å². The molecule has 0 bridgehead atoms. The average molecular weight is 320 g/mol. The Morgan fingerprint density at radius 2 is 1.62 bits per heavy atom. The number of rotatable bonds is 5. The van der Waals surface area contributed by atoms with Crippen molar-refractivity contribution in [2.45, 2.75) is 6.04 Å². The summed E-state index contributed by atoms with van der Waals surface area (Å²) in [5.74, 6) is -1.07. The van der Waals surface area contributed by atoms with Gasteiger partial charge >= 0.3 is 0 Å². The highest BCUT2D eigenvalue weighted by molar-refractivity contribution is 5.96. The van der Waals surface area contributed by atoms with Gasteiger partial charge in [-0.2, -0.15) is 5.10 Å². The van der Waals surface area contributed by atoms with Crippen LogP contribution in [0.4, 0.5) is 0 Å². The molecule has 1 atom stereocenters. The fraction of sp³-hybridized carbons (Fsp3) is 0.0556. The second kappa shape index (κ2) is 6.78. The smallest absolute Gasteiger partial charge is 0.270 e. The van der Waals surface area contributed by atoms with Gasteiger partial charge in [0, 0.05) is 5.56 Å². The number of benzene rings is 2. The van der Waals surface area contributed by atoms with Gasteiger partial charge in [0.1, 0.15) is 11.7 Å². The van der Waals surface area contributed by atoms with E-state index in [0.29, 0.717) is 11.3 Å². The van der Waals surface area contributed by atoms with E-state index in [0.717, 1.165) is 5.56 Å². The second-order valence-corrected chi connectivity index (χ2v) is 5.25. The minimum absolute atomic E-state index is 0.260. The highest BCUT2D eigenvalue weighted by Gasteiger charge is 2.21. The molecule has 0 spiro atoms. The summed E-state index contributed by atoms with van der Waals surface area (Å²) >= 11 is 0. The average Bonchev–Trinajstić information content (AvgIpc) is 3.11. The number of nitrogens with one attached hydrogen (secondary N) is 2. The van der Waals surface area contributed by atoms with Gasteiger partial charge in [-0.1, -0.05) is 60.7 Å². The van der Waals surface area contributed by atoms with Crippen molar-refractivity contribution in [2.75, 3.05) is 0 Å². The molecule has 0 unspecified atom stereocenters. The lowest BCUT2D eigenvalue weighted by Gasteiger charge is -2.15. The molecule has 1 aromatic heterocycles. The van der Waals surface area contributed by atoms with E-state index in [2.05, 4.69) is 15.5 Å². The van der Waals surface area contributed by atoms with E-state index in [4.69, 9.17) is 5.73 Å². The fourth-order valence-electron chi connectivity index (χ4n) is 2.37. The second-order valence-electron chi connectivity index (χ2n) is 5.25. The predicted molar refractivity (Wildman–Crippen MR) is 89.9 cm³/mol. The first-order valence-corrected chi connectivity index (χ1v) is 7.41. The van der Waals surface area contributed by atoms with Crippen molar-refractivity contribution in [3.63, 3.8) is 0 Å². The summed E-state index contributed by atoms with van der Waals surface area (Å²) in [5.41, 5.74) is 7.84. The lowest BCUT2D eigenvalue weighted by molar-refractivity contribution is -0.120. The van der Waals surface area contributed by atoms with Crippen LogP contribution in [-0.4, -0.2) is 22.0 Å².